The number of anilines is 1. The third-order valence-corrected chi connectivity index (χ3v) is 3.74. The van der Waals surface area contributed by atoms with Crippen LogP contribution in [-0.2, 0) is 0 Å². The van der Waals surface area contributed by atoms with Crippen molar-refractivity contribution in [3.05, 3.63) is 59.1 Å². The van der Waals surface area contributed by atoms with Crippen molar-refractivity contribution in [3.8, 4) is 0 Å². The summed E-state index contributed by atoms with van der Waals surface area (Å²) in [5, 5.41) is 4.63. The van der Waals surface area contributed by atoms with E-state index in [9.17, 15) is 0 Å². The van der Waals surface area contributed by atoms with Crippen molar-refractivity contribution in [3.63, 3.8) is 0 Å². The van der Waals surface area contributed by atoms with Gasteiger partial charge in [0.05, 0.1) is 23.5 Å². The molecule has 3 rings (SSSR count). The number of pyridine rings is 1. The van der Waals surface area contributed by atoms with E-state index < -0.39 is 0 Å². The second kappa shape index (κ2) is 5.67. The molecule has 0 saturated carbocycles. The van der Waals surface area contributed by atoms with E-state index in [1.54, 1.807) is 6.26 Å². The second-order valence-corrected chi connectivity index (χ2v) is 5.57. The number of nitrogens with one attached hydrogen (secondary N) is 1. The van der Waals surface area contributed by atoms with Gasteiger partial charge < -0.3 is 9.73 Å². The van der Waals surface area contributed by atoms with E-state index in [-0.39, 0.29) is 6.04 Å². The van der Waals surface area contributed by atoms with Gasteiger partial charge in [0.1, 0.15) is 5.76 Å². The van der Waals surface area contributed by atoms with Crippen molar-refractivity contribution in [2.45, 2.75) is 19.4 Å². The molecular formula is C16H15BrN2O. The summed E-state index contributed by atoms with van der Waals surface area (Å²) in [6.07, 6.45) is 4.47. The lowest BCUT2D eigenvalue weighted by molar-refractivity contribution is 0.474. The maximum Gasteiger partial charge on any atom is 0.125 e. The fourth-order valence-corrected chi connectivity index (χ4v) is 2.65. The first-order valence-corrected chi connectivity index (χ1v) is 7.41. The molecule has 3 nitrogen and oxygen atoms in total. The molecule has 0 radical (unpaired) electrons. The molecule has 0 amide bonds. The number of halogens is 1. The second-order valence-electron chi connectivity index (χ2n) is 4.65. The number of fused-ring (bicyclic) bond motifs is 1. The first-order valence-electron chi connectivity index (χ1n) is 6.62. The highest BCUT2D eigenvalue weighted by molar-refractivity contribution is 9.10. The van der Waals surface area contributed by atoms with Crippen molar-refractivity contribution in [2.24, 2.45) is 0 Å². The van der Waals surface area contributed by atoms with E-state index in [1.165, 1.54) is 0 Å². The molecule has 2 heterocycles. The van der Waals surface area contributed by atoms with Crippen LogP contribution >= 0.6 is 15.9 Å². The average molecular weight is 331 g/mol. The summed E-state index contributed by atoms with van der Waals surface area (Å²) < 4.78 is 6.49. The van der Waals surface area contributed by atoms with Gasteiger partial charge in [-0.05, 0) is 46.6 Å². The minimum Gasteiger partial charge on any atom is -0.467 e. The van der Waals surface area contributed by atoms with E-state index in [2.05, 4.69) is 51.4 Å². The lowest BCUT2D eigenvalue weighted by Gasteiger charge is -2.17. The molecule has 0 aliphatic rings. The number of benzene rings is 1. The Balaban J connectivity index is 1.98. The summed E-state index contributed by atoms with van der Waals surface area (Å²) in [4.78, 5) is 4.51. The Hall–Kier alpha value is -1.81. The van der Waals surface area contributed by atoms with E-state index in [4.69, 9.17) is 4.42 Å². The predicted molar refractivity (Wildman–Crippen MR) is 84.8 cm³/mol. The number of rotatable bonds is 4. The van der Waals surface area contributed by atoms with E-state index >= 15 is 0 Å². The normalized spacial score (nSPS) is 12.5. The molecule has 3 aromatic rings. The number of furan rings is 1. The summed E-state index contributed by atoms with van der Waals surface area (Å²) in [5.74, 6) is 0.946. The zero-order chi connectivity index (χ0) is 13.9. The first-order chi connectivity index (χ1) is 9.78. The van der Waals surface area contributed by atoms with Crippen molar-refractivity contribution in [2.75, 3.05) is 5.32 Å². The average Bonchev–Trinajstić information content (AvgIpc) is 2.98. The van der Waals surface area contributed by atoms with Gasteiger partial charge in [0.15, 0.2) is 0 Å². The van der Waals surface area contributed by atoms with Gasteiger partial charge in [-0.1, -0.05) is 19.1 Å². The minimum absolute atomic E-state index is 0.154. The molecule has 1 unspecified atom stereocenters. The van der Waals surface area contributed by atoms with Crippen LogP contribution in [0, 0.1) is 0 Å². The molecule has 0 saturated heterocycles. The van der Waals surface area contributed by atoms with Gasteiger partial charge in [-0.3, -0.25) is 4.98 Å². The Morgan fingerprint density at radius 1 is 1.30 bits per heavy atom. The summed E-state index contributed by atoms with van der Waals surface area (Å²) >= 11 is 3.46. The number of para-hydroxylation sites is 1. The van der Waals surface area contributed by atoms with Crippen LogP contribution in [-0.4, -0.2) is 4.98 Å². The maximum atomic E-state index is 5.50. The van der Waals surface area contributed by atoms with E-state index in [1.807, 2.05) is 24.4 Å². The lowest BCUT2D eigenvalue weighted by atomic mass is 10.1. The molecule has 20 heavy (non-hydrogen) atoms. The van der Waals surface area contributed by atoms with Crippen LogP contribution in [0.15, 0.2) is 57.7 Å². The topological polar surface area (TPSA) is 38.1 Å². The molecule has 1 atom stereocenters. The number of nitrogens with zero attached hydrogens (tertiary/aromatic N) is 1. The Kier molecular flexibility index (Phi) is 3.74. The molecule has 1 aromatic carbocycles. The van der Waals surface area contributed by atoms with Gasteiger partial charge in [0, 0.05) is 16.1 Å². The monoisotopic (exact) mass is 330 g/mol. The molecule has 4 heteroatoms. The standard InChI is InChI=1S/C16H15BrN2O/c1-2-13(15-7-4-8-20-15)19-14-6-3-5-11-9-12(17)10-18-16(11)14/h3-10,13,19H,2H2,1H3. The van der Waals surface area contributed by atoms with Crippen molar-refractivity contribution >= 4 is 32.5 Å². The Bertz CT molecular complexity index is 710. The molecule has 0 fully saturated rings. The molecule has 0 aliphatic carbocycles. The fraction of sp³-hybridized carbons (Fsp3) is 0.188. The molecule has 0 bridgehead atoms. The van der Waals surface area contributed by atoms with Crippen LogP contribution in [0.25, 0.3) is 10.9 Å². The molecule has 0 spiro atoms. The van der Waals surface area contributed by atoms with Gasteiger partial charge >= 0.3 is 0 Å². The van der Waals surface area contributed by atoms with E-state index in [0.29, 0.717) is 0 Å². The molecule has 0 aliphatic heterocycles. The largest absolute Gasteiger partial charge is 0.467 e. The van der Waals surface area contributed by atoms with Crippen LogP contribution < -0.4 is 5.32 Å². The summed E-state index contributed by atoms with van der Waals surface area (Å²) in [6, 6.07) is 12.3. The highest BCUT2D eigenvalue weighted by Crippen LogP contribution is 2.28. The van der Waals surface area contributed by atoms with Crippen molar-refractivity contribution in [1.29, 1.82) is 0 Å². The molecule has 1 N–H and O–H groups in total. The van der Waals surface area contributed by atoms with Crippen LogP contribution in [0.3, 0.4) is 0 Å². The predicted octanol–water partition coefficient (Wildman–Crippen LogP) is 5.15. The number of aromatic nitrogens is 1. The van der Waals surface area contributed by atoms with Crippen LogP contribution in [0.1, 0.15) is 25.1 Å². The number of hydrogen-bond acceptors (Lipinski definition) is 3. The molecule has 102 valence electrons. The maximum absolute atomic E-state index is 5.50. The summed E-state index contributed by atoms with van der Waals surface area (Å²) in [5.41, 5.74) is 2.00. The molecular weight excluding hydrogens is 316 g/mol. The van der Waals surface area contributed by atoms with Crippen molar-refractivity contribution < 1.29 is 4.42 Å². The third kappa shape index (κ3) is 2.56. The summed E-state index contributed by atoms with van der Waals surface area (Å²) in [7, 11) is 0. The fourth-order valence-electron chi connectivity index (χ4n) is 2.30. The zero-order valence-electron chi connectivity index (χ0n) is 11.1. The molecule has 2 aromatic heterocycles. The van der Waals surface area contributed by atoms with Gasteiger partial charge in [0.25, 0.3) is 0 Å². The van der Waals surface area contributed by atoms with Gasteiger partial charge in [-0.15, -0.1) is 0 Å². The number of hydrogen-bond donors (Lipinski definition) is 1. The first kappa shape index (κ1) is 13.2. The zero-order valence-corrected chi connectivity index (χ0v) is 12.7. The minimum atomic E-state index is 0.154. The van der Waals surface area contributed by atoms with Gasteiger partial charge in [-0.25, -0.2) is 0 Å². The quantitative estimate of drug-likeness (QED) is 0.718. The van der Waals surface area contributed by atoms with Crippen LogP contribution in [0.5, 0.6) is 0 Å². The van der Waals surface area contributed by atoms with Crippen LogP contribution in [0.4, 0.5) is 5.69 Å². The van der Waals surface area contributed by atoms with Gasteiger partial charge in [0.2, 0.25) is 0 Å². The highest BCUT2D eigenvalue weighted by Gasteiger charge is 2.13. The lowest BCUT2D eigenvalue weighted by Crippen LogP contribution is -2.09. The van der Waals surface area contributed by atoms with E-state index in [0.717, 1.165) is 33.2 Å². The SMILES string of the molecule is CCC(Nc1cccc2cc(Br)cnc12)c1ccco1. The Labute approximate surface area is 126 Å². The Morgan fingerprint density at radius 3 is 2.95 bits per heavy atom. The summed E-state index contributed by atoms with van der Waals surface area (Å²) in [6.45, 7) is 2.13. The van der Waals surface area contributed by atoms with Crippen molar-refractivity contribution in [1.82, 2.24) is 4.98 Å². The highest BCUT2D eigenvalue weighted by atomic mass is 79.9. The smallest absolute Gasteiger partial charge is 0.125 e. The third-order valence-electron chi connectivity index (χ3n) is 3.30. The Morgan fingerprint density at radius 2 is 2.20 bits per heavy atom. The van der Waals surface area contributed by atoms with Gasteiger partial charge in [-0.2, -0.15) is 0 Å². The van der Waals surface area contributed by atoms with Crippen LogP contribution in [0.2, 0.25) is 0 Å².